The van der Waals surface area contributed by atoms with Crippen LogP contribution >= 0.6 is 0 Å². The van der Waals surface area contributed by atoms with Gasteiger partial charge in [0, 0.05) is 11.6 Å². The van der Waals surface area contributed by atoms with Crippen LogP contribution in [0.2, 0.25) is 0 Å². The minimum atomic E-state index is -0.515. The van der Waals surface area contributed by atoms with E-state index in [4.69, 9.17) is 15.2 Å². The summed E-state index contributed by atoms with van der Waals surface area (Å²) in [5.41, 5.74) is 6.57. The lowest BCUT2D eigenvalue weighted by atomic mass is 9.97. The Morgan fingerprint density at radius 1 is 1.24 bits per heavy atom. The van der Waals surface area contributed by atoms with Crippen molar-refractivity contribution < 1.29 is 14.3 Å². The molecule has 0 radical (unpaired) electrons. The number of rotatable bonds is 5. The van der Waals surface area contributed by atoms with E-state index in [0.717, 1.165) is 23.5 Å². The van der Waals surface area contributed by atoms with Crippen LogP contribution in [0.4, 0.5) is 0 Å². The molecule has 2 aromatic rings. The normalized spacial score (nSPS) is 24.8. The number of pyridine rings is 1. The molecule has 2 bridgehead atoms. The minimum Gasteiger partial charge on any atom is -0.490 e. The van der Waals surface area contributed by atoms with Gasteiger partial charge in [-0.1, -0.05) is 0 Å². The average molecular weight is 340 g/mol. The Bertz CT molecular complexity index is 818. The molecule has 1 aromatic carbocycles. The molecule has 2 fully saturated rings. The monoisotopic (exact) mass is 340 g/mol. The number of fused-ring (bicyclic) bond motifs is 3. The van der Waals surface area contributed by atoms with Crippen molar-refractivity contribution in [2.75, 3.05) is 0 Å². The Balaban J connectivity index is 1.73. The molecule has 25 heavy (non-hydrogen) atoms. The molecule has 1 heterocycles. The Hall–Kier alpha value is -2.30. The van der Waals surface area contributed by atoms with Gasteiger partial charge < -0.3 is 15.2 Å². The summed E-state index contributed by atoms with van der Waals surface area (Å²) in [5.74, 6) is 2.28. The van der Waals surface area contributed by atoms with Crippen molar-refractivity contribution in [3.63, 3.8) is 0 Å². The topological polar surface area (TPSA) is 74.4 Å². The highest BCUT2D eigenvalue weighted by atomic mass is 16.5. The first-order valence-corrected chi connectivity index (χ1v) is 9.07. The van der Waals surface area contributed by atoms with Crippen molar-refractivity contribution >= 4 is 16.8 Å². The molecule has 1 aromatic heterocycles. The molecule has 1 unspecified atom stereocenters. The van der Waals surface area contributed by atoms with Crippen LogP contribution in [-0.4, -0.2) is 23.1 Å². The van der Waals surface area contributed by atoms with E-state index < -0.39 is 5.91 Å². The van der Waals surface area contributed by atoms with Gasteiger partial charge in [-0.15, -0.1) is 0 Å². The summed E-state index contributed by atoms with van der Waals surface area (Å²) in [7, 11) is 0. The number of benzene rings is 1. The molecule has 4 rings (SSSR count). The number of aromatic nitrogens is 1. The Labute approximate surface area is 147 Å². The summed E-state index contributed by atoms with van der Waals surface area (Å²) in [4.78, 5) is 16.2. The molecule has 5 heteroatoms. The fourth-order valence-electron chi connectivity index (χ4n) is 4.29. The summed E-state index contributed by atoms with van der Waals surface area (Å²) < 4.78 is 12.2. The third kappa shape index (κ3) is 3.03. The number of primary amides is 1. The molecule has 0 spiro atoms. The zero-order valence-electron chi connectivity index (χ0n) is 14.7. The van der Waals surface area contributed by atoms with E-state index in [1.165, 1.54) is 19.3 Å². The number of carbonyl (C=O) groups excluding carboxylic acids is 1. The fourth-order valence-corrected chi connectivity index (χ4v) is 4.29. The van der Waals surface area contributed by atoms with Crippen LogP contribution in [0.25, 0.3) is 10.9 Å². The predicted molar refractivity (Wildman–Crippen MR) is 95.9 cm³/mol. The van der Waals surface area contributed by atoms with Crippen LogP contribution in [0.15, 0.2) is 24.4 Å². The number of hydrogen-bond donors (Lipinski definition) is 1. The van der Waals surface area contributed by atoms with E-state index in [9.17, 15) is 4.79 Å². The van der Waals surface area contributed by atoms with Gasteiger partial charge in [0.25, 0.3) is 5.91 Å². The maximum atomic E-state index is 11.8. The van der Waals surface area contributed by atoms with E-state index >= 15 is 0 Å². The molecule has 0 saturated heterocycles. The predicted octanol–water partition coefficient (Wildman–Crippen LogP) is 3.69. The third-order valence-electron chi connectivity index (χ3n) is 5.38. The molecule has 2 aliphatic rings. The Morgan fingerprint density at radius 3 is 2.72 bits per heavy atom. The number of ether oxygens (including phenoxy) is 2. The maximum Gasteiger partial charge on any atom is 0.252 e. The van der Waals surface area contributed by atoms with Gasteiger partial charge in [0.1, 0.15) is 17.6 Å². The first-order chi connectivity index (χ1) is 12.0. The van der Waals surface area contributed by atoms with Crippen molar-refractivity contribution in [3.05, 3.63) is 30.0 Å². The number of nitrogens with two attached hydrogens (primary N) is 1. The standard InChI is InChI=1S/C20H24N2O3/c1-11(2)24-19-10-14-16(9-15(19)20(21)23)22-6-5-17(14)25-18-8-12-3-4-13(18)7-12/h5-6,9-13,18H,3-4,7-8H2,1-2H3,(H2,21,23)/t12?,13-,18+/m0/s1. The fraction of sp³-hybridized carbons (Fsp3) is 0.500. The van der Waals surface area contributed by atoms with Crippen LogP contribution in [0.3, 0.4) is 0 Å². The van der Waals surface area contributed by atoms with E-state index in [0.29, 0.717) is 22.7 Å². The lowest BCUT2D eigenvalue weighted by Crippen LogP contribution is -2.23. The molecule has 132 valence electrons. The smallest absolute Gasteiger partial charge is 0.252 e. The number of amides is 1. The van der Waals surface area contributed by atoms with Gasteiger partial charge in [0.05, 0.1) is 17.2 Å². The SMILES string of the molecule is CC(C)Oc1cc2c(O[C@@H]3CC4CC[C@H]3C4)ccnc2cc1C(N)=O. The molecule has 5 nitrogen and oxygen atoms in total. The first-order valence-electron chi connectivity index (χ1n) is 9.07. The summed E-state index contributed by atoms with van der Waals surface area (Å²) in [6.45, 7) is 3.84. The van der Waals surface area contributed by atoms with E-state index in [2.05, 4.69) is 4.98 Å². The second-order valence-electron chi connectivity index (χ2n) is 7.54. The van der Waals surface area contributed by atoms with Crippen molar-refractivity contribution in [3.8, 4) is 11.5 Å². The zero-order valence-corrected chi connectivity index (χ0v) is 14.7. The van der Waals surface area contributed by atoms with Gasteiger partial charge in [-0.2, -0.15) is 0 Å². The van der Waals surface area contributed by atoms with Crippen molar-refractivity contribution in [2.45, 2.75) is 51.7 Å². The average Bonchev–Trinajstić information content (AvgIpc) is 3.17. The van der Waals surface area contributed by atoms with Crippen LogP contribution < -0.4 is 15.2 Å². The molecule has 1 amide bonds. The summed E-state index contributed by atoms with van der Waals surface area (Å²) in [6, 6.07) is 5.44. The van der Waals surface area contributed by atoms with Crippen molar-refractivity contribution in [2.24, 2.45) is 17.6 Å². The first kappa shape index (κ1) is 16.2. The largest absolute Gasteiger partial charge is 0.490 e. The molecule has 2 N–H and O–H groups in total. The minimum absolute atomic E-state index is 0.0536. The second-order valence-corrected chi connectivity index (χ2v) is 7.54. The van der Waals surface area contributed by atoms with Crippen molar-refractivity contribution in [1.82, 2.24) is 4.98 Å². The molecular formula is C20H24N2O3. The van der Waals surface area contributed by atoms with Gasteiger partial charge in [0.2, 0.25) is 0 Å². The Morgan fingerprint density at radius 2 is 2.08 bits per heavy atom. The summed E-state index contributed by atoms with van der Waals surface area (Å²) in [6.07, 6.45) is 7.00. The van der Waals surface area contributed by atoms with Gasteiger partial charge in [-0.05, 0) is 69.6 Å². The van der Waals surface area contributed by atoms with Crippen molar-refractivity contribution in [1.29, 1.82) is 0 Å². The molecular weight excluding hydrogens is 316 g/mol. The lowest BCUT2D eigenvalue weighted by molar-refractivity contribution is 0.0994. The summed E-state index contributed by atoms with van der Waals surface area (Å²) in [5, 5.41) is 0.867. The number of nitrogens with zero attached hydrogens (tertiary/aromatic N) is 1. The quantitative estimate of drug-likeness (QED) is 0.901. The van der Waals surface area contributed by atoms with E-state index in [1.54, 1.807) is 12.3 Å². The molecule has 3 atom stereocenters. The molecule has 0 aliphatic heterocycles. The van der Waals surface area contributed by atoms with Crippen LogP contribution in [0.5, 0.6) is 11.5 Å². The number of carbonyl (C=O) groups is 1. The lowest BCUT2D eigenvalue weighted by Gasteiger charge is -2.24. The molecule has 2 saturated carbocycles. The van der Waals surface area contributed by atoms with Gasteiger partial charge in [0.15, 0.2) is 0 Å². The highest BCUT2D eigenvalue weighted by molar-refractivity contribution is 6.01. The van der Waals surface area contributed by atoms with Crippen LogP contribution in [0.1, 0.15) is 49.9 Å². The van der Waals surface area contributed by atoms with Crippen LogP contribution in [0, 0.1) is 11.8 Å². The van der Waals surface area contributed by atoms with E-state index in [-0.39, 0.29) is 12.2 Å². The highest BCUT2D eigenvalue weighted by Crippen LogP contribution is 2.46. The van der Waals surface area contributed by atoms with Gasteiger partial charge in [-0.3, -0.25) is 9.78 Å². The van der Waals surface area contributed by atoms with Gasteiger partial charge >= 0.3 is 0 Å². The highest BCUT2D eigenvalue weighted by Gasteiger charge is 2.41. The van der Waals surface area contributed by atoms with Gasteiger partial charge in [-0.25, -0.2) is 0 Å². The summed E-state index contributed by atoms with van der Waals surface area (Å²) >= 11 is 0. The Kier molecular flexibility index (Phi) is 4.02. The third-order valence-corrected chi connectivity index (χ3v) is 5.38. The second kappa shape index (κ2) is 6.21. The molecule has 2 aliphatic carbocycles. The zero-order chi connectivity index (χ0) is 17.6. The van der Waals surface area contributed by atoms with E-state index in [1.807, 2.05) is 26.0 Å². The maximum absolute atomic E-state index is 11.8. The van der Waals surface area contributed by atoms with Crippen LogP contribution in [-0.2, 0) is 0 Å². The number of hydrogen-bond acceptors (Lipinski definition) is 4.